The molecule has 0 aromatic carbocycles. The maximum Gasteiger partial charge on any atom is 0.158 e. The molecule has 1 heterocycles. The topological polar surface area (TPSA) is 74.1 Å². The highest BCUT2D eigenvalue weighted by Crippen LogP contribution is 2.16. The Morgan fingerprint density at radius 3 is 2.75 bits per heavy atom. The summed E-state index contributed by atoms with van der Waals surface area (Å²) < 4.78 is 5.38. The zero-order valence-corrected chi connectivity index (χ0v) is 12.5. The number of anilines is 2. The molecule has 0 atom stereocenters. The van der Waals surface area contributed by atoms with Gasteiger partial charge in [-0.3, -0.25) is 0 Å². The number of rotatable bonds is 9. The SMILES string of the molecule is CCNc1cc(N(CC)CCC#N)nc(COCC)n1. The van der Waals surface area contributed by atoms with E-state index in [1.165, 1.54) is 0 Å². The molecule has 0 saturated heterocycles. The maximum absolute atomic E-state index is 8.73. The lowest BCUT2D eigenvalue weighted by molar-refractivity contribution is 0.128. The average Bonchev–Trinajstić information content (AvgIpc) is 2.46. The highest BCUT2D eigenvalue weighted by Gasteiger charge is 2.10. The largest absolute Gasteiger partial charge is 0.374 e. The third kappa shape index (κ3) is 5.02. The van der Waals surface area contributed by atoms with Crippen LogP contribution in [0.25, 0.3) is 0 Å². The van der Waals surface area contributed by atoms with Crippen LogP contribution < -0.4 is 10.2 Å². The van der Waals surface area contributed by atoms with Crippen molar-refractivity contribution in [3.63, 3.8) is 0 Å². The fraction of sp³-hybridized carbons (Fsp3) is 0.643. The van der Waals surface area contributed by atoms with Crippen LogP contribution in [0.4, 0.5) is 11.6 Å². The Hall–Kier alpha value is -1.87. The van der Waals surface area contributed by atoms with Crippen molar-refractivity contribution in [1.29, 1.82) is 5.26 Å². The third-order valence-corrected chi connectivity index (χ3v) is 2.75. The number of hydrogen-bond donors (Lipinski definition) is 1. The zero-order valence-electron chi connectivity index (χ0n) is 12.5. The zero-order chi connectivity index (χ0) is 14.8. The minimum atomic E-state index is 0.401. The van der Waals surface area contributed by atoms with E-state index in [2.05, 4.69) is 33.2 Å². The van der Waals surface area contributed by atoms with Crippen LogP contribution in [0.3, 0.4) is 0 Å². The van der Waals surface area contributed by atoms with E-state index in [1.54, 1.807) is 0 Å². The van der Waals surface area contributed by atoms with Crippen LogP contribution in [0, 0.1) is 11.3 Å². The van der Waals surface area contributed by atoms with Gasteiger partial charge in [-0.25, -0.2) is 9.97 Å². The second-order valence-electron chi connectivity index (χ2n) is 4.18. The Kier molecular flexibility index (Phi) is 7.36. The first kappa shape index (κ1) is 16.2. The van der Waals surface area contributed by atoms with Gasteiger partial charge in [-0.1, -0.05) is 0 Å². The normalized spacial score (nSPS) is 10.1. The molecule has 0 spiro atoms. The van der Waals surface area contributed by atoms with E-state index in [-0.39, 0.29) is 0 Å². The fourth-order valence-corrected chi connectivity index (χ4v) is 1.79. The van der Waals surface area contributed by atoms with Gasteiger partial charge in [0, 0.05) is 32.3 Å². The molecule has 6 heteroatoms. The Morgan fingerprint density at radius 2 is 2.15 bits per heavy atom. The van der Waals surface area contributed by atoms with E-state index < -0.39 is 0 Å². The first-order valence-corrected chi connectivity index (χ1v) is 7.06. The Balaban J connectivity index is 2.96. The molecule has 110 valence electrons. The molecular weight excluding hydrogens is 254 g/mol. The van der Waals surface area contributed by atoms with Crippen molar-refractivity contribution in [3.05, 3.63) is 11.9 Å². The Bertz CT molecular complexity index is 444. The Labute approximate surface area is 120 Å². The molecule has 0 radical (unpaired) electrons. The molecule has 0 aliphatic rings. The molecular formula is C14H23N5O. The van der Waals surface area contributed by atoms with Gasteiger partial charge in [0.25, 0.3) is 0 Å². The second kappa shape index (κ2) is 9.10. The standard InChI is InChI=1S/C14H23N5O/c1-4-16-12-10-14(19(5-2)9-7-8-15)18-13(17-12)11-20-6-3/h10H,4-7,9,11H2,1-3H3,(H,16,17,18). The summed E-state index contributed by atoms with van der Waals surface area (Å²) in [5.41, 5.74) is 0. The van der Waals surface area contributed by atoms with Gasteiger partial charge < -0.3 is 15.0 Å². The predicted octanol–water partition coefficient (Wildman–Crippen LogP) is 2.18. The van der Waals surface area contributed by atoms with Crippen LogP contribution in [0.15, 0.2) is 6.07 Å². The molecule has 0 amide bonds. The van der Waals surface area contributed by atoms with E-state index in [9.17, 15) is 0 Å². The lowest BCUT2D eigenvalue weighted by Gasteiger charge is -2.21. The molecule has 20 heavy (non-hydrogen) atoms. The predicted molar refractivity (Wildman–Crippen MR) is 79.6 cm³/mol. The van der Waals surface area contributed by atoms with Gasteiger partial charge in [0.2, 0.25) is 0 Å². The Morgan fingerprint density at radius 1 is 1.35 bits per heavy atom. The molecule has 0 saturated carbocycles. The number of aromatic nitrogens is 2. The van der Waals surface area contributed by atoms with Gasteiger partial charge in [0.15, 0.2) is 5.82 Å². The molecule has 1 aromatic heterocycles. The summed E-state index contributed by atoms with van der Waals surface area (Å²) in [5, 5.41) is 11.9. The third-order valence-electron chi connectivity index (χ3n) is 2.75. The average molecular weight is 277 g/mol. The van der Waals surface area contributed by atoms with Gasteiger partial charge in [0.1, 0.15) is 18.2 Å². The molecule has 0 bridgehead atoms. The molecule has 0 fully saturated rings. The number of ether oxygens (including phenoxy) is 1. The van der Waals surface area contributed by atoms with Gasteiger partial charge >= 0.3 is 0 Å². The first-order valence-electron chi connectivity index (χ1n) is 7.06. The number of hydrogen-bond acceptors (Lipinski definition) is 6. The van der Waals surface area contributed by atoms with Crippen molar-refractivity contribution in [3.8, 4) is 6.07 Å². The summed E-state index contributed by atoms with van der Waals surface area (Å²) in [4.78, 5) is 11.0. The summed E-state index contributed by atoms with van der Waals surface area (Å²) in [7, 11) is 0. The molecule has 1 N–H and O–H groups in total. The van der Waals surface area contributed by atoms with E-state index in [0.29, 0.717) is 32.0 Å². The number of nitriles is 1. The number of nitrogens with one attached hydrogen (secondary N) is 1. The van der Waals surface area contributed by atoms with Crippen molar-refractivity contribution in [1.82, 2.24) is 9.97 Å². The summed E-state index contributed by atoms with van der Waals surface area (Å²) in [5.74, 6) is 2.29. The van der Waals surface area contributed by atoms with Crippen molar-refractivity contribution < 1.29 is 4.74 Å². The van der Waals surface area contributed by atoms with E-state index >= 15 is 0 Å². The van der Waals surface area contributed by atoms with E-state index in [0.717, 1.165) is 24.7 Å². The first-order chi connectivity index (χ1) is 9.74. The van der Waals surface area contributed by atoms with Crippen LogP contribution in [-0.2, 0) is 11.3 Å². The highest BCUT2D eigenvalue weighted by molar-refractivity contribution is 5.49. The van der Waals surface area contributed by atoms with Crippen molar-refractivity contribution in [2.75, 3.05) is 36.5 Å². The summed E-state index contributed by atoms with van der Waals surface area (Å²) in [6, 6.07) is 4.08. The van der Waals surface area contributed by atoms with Crippen LogP contribution in [-0.4, -0.2) is 36.2 Å². The lowest BCUT2D eigenvalue weighted by atomic mass is 10.3. The molecule has 0 aliphatic carbocycles. The monoisotopic (exact) mass is 277 g/mol. The van der Waals surface area contributed by atoms with Crippen LogP contribution in [0.5, 0.6) is 0 Å². The second-order valence-corrected chi connectivity index (χ2v) is 4.18. The van der Waals surface area contributed by atoms with Crippen LogP contribution >= 0.6 is 0 Å². The van der Waals surface area contributed by atoms with Crippen molar-refractivity contribution in [2.24, 2.45) is 0 Å². The van der Waals surface area contributed by atoms with E-state index in [4.69, 9.17) is 10.00 Å². The summed E-state index contributed by atoms with van der Waals surface area (Å²) in [6.07, 6.45) is 0.481. The molecule has 6 nitrogen and oxygen atoms in total. The van der Waals surface area contributed by atoms with Crippen molar-refractivity contribution in [2.45, 2.75) is 33.8 Å². The summed E-state index contributed by atoms with van der Waals surface area (Å²) >= 11 is 0. The maximum atomic E-state index is 8.73. The lowest BCUT2D eigenvalue weighted by Crippen LogP contribution is -2.25. The molecule has 0 aliphatic heterocycles. The van der Waals surface area contributed by atoms with Crippen LogP contribution in [0.2, 0.25) is 0 Å². The minimum Gasteiger partial charge on any atom is -0.374 e. The minimum absolute atomic E-state index is 0.401. The van der Waals surface area contributed by atoms with Crippen molar-refractivity contribution >= 4 is 11.6 Å². The fourth-order valence-electron chi connectivity index (χ4n) is 1.79. The molecule has 1 aromatic rings. The summed E-state index contributed by atoms with van der Waals surface area (Å²) in [6.45, 7) is 9.33. The van der Waals surface area contributed by atoms with Gasteiger partial charge in [-0.2, -0.15) is 5.26 Å². The molecule has 0 unspecified atom stereocenters. The smallest absolute Gasteiger partial charge is 0.158 e. The quantitative estimate of drug-likeness (QED) is 0.745. The van der Waals surface area contributed by atoms with Crippen LogP contribution in [0.1, 0.15) is 33.0 Å². The highest BCUT2D eigenvalue weighted by atomic mass is 16.5. The van der Waals surface area contributed by atoms with E-state index in [1.807, 2.05) is 19.9 Å². The van der Waals surface area contributed by atoms with Gasteiger partial charge in [-0.15, -0.1) is 0 Å². The van der Waals surface area contributed by atoms with Gasteiger partial charge in [-0.05, 0) is 20.8 Å². The number of nitrogens with zero attached hydrogens (tertiary/aromatic N) is 4. The molecule has 1 rings (SSSR count). The van der Waals surface area contributed by atoms with Gasteiger partial charge in [0.05, 0.1) is 12.5 Å².